The summed E-state index contributed by atoms with van der Waals surface area (Å²) in [6.45, 7) is 1.96. The van der Waals surface area contributed by atoms with E-state index >= 15 is 0 Å². The van der Waals surface area contributed by atoms with E-state index in [2.05, 4.69) is 0 Å². The van der Waals surface area contributed by atoms with E-state index in [0.717, 1.165) is 19.3 Å². The molecule has 0 saturated carbocycles. The Kier molecular flexibility index (Phi) is 4.81. The zero-order chi connectivity index (χ0) is 13.9. The van der Waals surface area contributed by atoms with Gasteiger partial charge in [0, 0.05) is 26.2 Å². The summed E-state index contributed by atoms with van der Waals surface area (Å²) in [7, 11) is -2.05. The second-order valence-corrected chi connectivity index (χ2v) is 7.12. The summed E-state index contributed by atoms with van der Waals surface area (Å²) in [5.74, 6) is -0.628. The van der Waals surface area contributed by atoms with Crippen LogP contribution in [-0.2, 0) is 19.7 Å². The van der Waals surface area contributed by atoms with E-state index in [1.54, 1.807) is 4.31 Å². The smallest absolute Gasteiger partial charge is 0.309 e. The highest BCUT2D eigenvalue weighted by molar-refractivity contribution is 7.86. The molecule has 0 unspecified atom stereocenters. The van der Waals surface area contributed by atoms with E-state index in [0.29, 0.717) is 32.5 Å². The molecular formula is C12H22N2O4S. The van der Waals surface area contributed by atoms with Gasteiger partial charge in [0.1, 0.15) is 0 Å². The van der Waals surface area contributed by atoms with E-state index in [-0.39, 0.29) is 18.4 Å². The van der Waals surface area contributed by atoms with Crippen LogP contribution in [0.25, 0.3) is 0 Å². The number of carbonyl (C=O) groups is 1. The number of piperidine rings is 2. The van der Waals surface area contributed by atoms with E-state index in [1.165, 1.54) is 11.4 Å². The molecule has 0 aliphatic carbocycles. The molecule has 0 amide bonds. The van der Waals surface area contributed by atoms with Crippen molar-refractivity contribution in [3.8, 4) is 0 Å². The van der Waals surface area contributed by atoms with Gasteiger partial charge in [-0.2, -0.15) is 17.0 Å². The lowest BCUT2D eigenvalue weighted by Gasteiger charge is -2.35. The summed E-state index contributed by atoms with van der Waals surface area (Å²) in [6.07, 6.45) is 4.36. The molecule has 2 rings (SSSR count). The lowest BCUT2D eigenvalue weighted by Crippen LogP contribution is -2.50. The molecule has 110 valence electrons. The molecule has 7 heteroatoms. The fraction of sp³-hybridized carbons (Fsp3) is 0.917. The third kappa shape index (κ3) is 3.27. The van der Waals surface area contributed by atoms with Crippen LogP contribution in [-0.4, -0.2) is 56.3 Å². The number of rotatable bonds is 3. The minimum atomic E-state index is -3.40. The number of methoxy groups -OCH3 is 1. The molecular weight excluding hydrogens is 268 g/mol. The van der Waals surface area contributed by atoms with Gasteiger partial charge in [-0.3, -0.25) is 4.79 Å². The van der Waals surface area contributed by atoms with Crippen molar-refractivity contribution in [2.75, 3.05) is 33.3 Å². The Balaban J connectivity index is 2.05. The summed E-state index contributed by atoms with van der Waals surface area (Å²) in [5.41, 5.74) is 0. The van der Waals surface area contributed by atoms with Crippen LogP contribution in [0.2, 0.25) is 0 Å². The maximum atomic E-state index is 12.5. The molecule has 2 heterocycles. The van der Waals surface area contributed by atoms with Crippen LogP contribution in [0.4, 0.5) is 0 Å². The molecule has 0 aromatic rings. The van der Waals surface area contributed by atoms with Crippen molar-refractivity contribution in [2.24, 2.45) is 5.92 Å². The fourth-order valence-corrected chi connectivity index (χ4v) is 4.54. The Labute approximate surface area is 114 Å². The van der Waals surface area contributed by atoms with Crippen LogP contribution in [0, 0.1) is 5.92 Å². The van der Waals surface area contributed by atoms with Crippen molar-refractivity contribution >= 4 is 16.2 Å². The van der Waals surface area contributed by atoms with E-state index in [1.807, 2.05) is 0 Å². The average molecular weight is 290 g/mol. The summed E-state index contributed by atoms with van der Waals surface area (Å²) in [4.78, 5) is 11.6. The van der Waals surface area contributed by atoms with Crippen LogP contribution in [0.3, 0.4) is 0 Å². The molecule has 2 saturated heterocycles. The highest BCUT2D eigenvalue weighted by atomic mass is 32.2. The summed E-state index contributed by atoms with van der Waals surface area (Å²) in [6, 6.07) is 0. The van der Waals surface area contributed by atoms with Crippen molar-refractivity contribution in [3.05, 3.63) is 0 Å². The van der Waals surface area contributed by atoms with Crippen LogP contribution < -0.4 is 0 Å². The third-order valence-corrected chi connectivity index (χ3v) is 5.89. The van der Waals surface area contributed by atoms with E-state index in [4.69, 9.17) is 4.74 Å². The molecule has 2 aliphatic heterocycles. The zero-order valence-corrected chi connectivity index (χ0v) is 12.2. The number of hydrogen-bond acceptors (Lipinski definition) is 4. The first-order chi connectivity index (χ1) is 9.05. The first-order valence-electron chi connectivity index (χ1n) is 6.89. The van der Waals surface area contributed by atoms with Crippen molar-refractivity contribution in [2.45, 2.75) is 32.1 Å². The molecule has 2 aliphatic rings. The van der Waals surface area contributed by atoms with Gasteiger partial charge in [0.15, 0.2) is 0 Å². The highest BCUT2D eigenvalue weighted by Gasteiger charge is 2.36. The van der Waals surface area contributed by atoms with Gasteiger partial charge in [0.25, 0.3) is 10.2 Å². The standard InChI is InChI=1S/C12H22N2O4S/c1-18-12(15)11-6-5-9-14(10-11)19(16,17)13-7-3-2-4-8-13/h11H,2-10H2,1H3/t11-/m0/s1. The molecule has 0 N–H and O–H groups in total. The van der Waals surface area contributed by atoms with Gasteiger partial charge in [0.2, 0.25) is 0 Å². The Morgan fingerprint density at radius 3 is 2.32 bits per heavy atom. The molecule has 0 bridgehead atoms. The van der Waals surface area contributed by atoms with Gasteiger partial charge in [-0.15, -0.1) is 0 Å². The second kappa shape index (κ2) is 6.19. The predicted molar refractivity (Wildman–Crippen MR) is 70.7 cm³/mol. The summed E-state index contributed by atoms with van der Waals surface area (Å²) < 4.78 is 32.7. The molecule has 19 heavy (non-hydrogen) atoms. The second-order valence-electron chi connectivity index (χ2n) is 5.19. The Hall–Kier alpha value is -0.660. The SMILES string of the molecule is COC(=O)[C@H]1CCCN(S(=O)(=O)N2CCCCC2)C1. The van der Waals surface area contributed by atoms with E-state index in [9.17, 15) is 13.2 Å². The topological polar surface area (TPSA) is 66.9 Å². The molecule has 0 aromatic heterocycles. The summed E-state index contributed by atoms with van der Waals surface area (Å²) >= 11 is 0. The zero-order valence-electron chi connectivity index (χ0n) is 11.4. The van der Waals surface area contributed by atoms with E-state index < -0.39 is 10.2 Å². The van der Waals surface area contributed by atoms with Gasteiger partial charge in [-0.25, -0.2) is 0 Å². The lowest BCUT2D eigenvalue weighted by molar-refractivity contribution is -0.146. The normalized spacial score (nSPS) is 27.1. The molecule has 0 radical (unpaired) electrons. The van der Waals surface area contributed by atoms with Gasteiger partial charge in [-0.1, -0.05) is 6.42 Å². The maximum Gasteiger partial charge on any atom is 0.309 e. The molecule has 6 nitrogen and oxygen atoms in total. The Morgan fingerprint density at radius 2 is 1.68 bits per heavy atom. The number of hydrogen-bond donors (Lipinski definition) is 0. The quantitative estimate of drug-likeness (QED) is 0.714. The lowest BCUT2D eigenvalue weighted by atomic mass is 10.0. The van der Waals surface area contributed by atoms with Gasteiger partial charge in [0.05, 0.1) is 13.0 Å². The summed E-state index contributed by atoms with van der Waals surface area (Å²) in [5, 5.41) is 0. The monoisotopic (exact) mass is 290 g/mol. The highest BCUT2D eigenvalue weighted by Crippen LogP contribution is 2.23. The minimum absolute atomic E-state index is 0.255. The Bertz CT molecular complexity index is 417. The average Bonchev–Trinajstić information content (AvgIpc) is 2.47. The van der Waals surface area contributed by atoms with Gasteiger partial charge < -0.3 is 4.74 Å². The first kappa shape index (κ1) is 14.7. The molecule has 0 spiro atoms. The number of carbonyl (C=O) groups excluding carboxylic acids is 1. The molecule has 2 fully saturated rings. The van der Waals surface area contributed by atoms with Crippen LogP contribution >= 0.6 is 0 Å². The van der Waals surface area contributed by atoms with Crippen molar-refractivity contribution in [1.29, 1.82) is 0 Å². The largest absolute Gasteiger partial charge is 0.469 e. The first-order valence-corrected chi connectivity index (χ1v) is 8.28. The third-order valence-electron chi connectivity index (χ3n) is 3.89. The predicted octanol–water partition coefficient (Wildman–Crippen LogP) is 0.602. The number of ether oxygens (including phenoxy) is 1. The number of esters is 1. The fourth-order valence-electron chi connectivity index (χ4n) is 2.77. The van der Waals surface area contributed by atoms with Gasteiger partial charge >= 0.3 is 5.97 Å². The minimum Gasteiger partial charge on any atom is -0.469 e. The van der Waals surface area contributed by atoms with Crippen molar-refractivity contribution in [3.63, 3.8) is 0 Å². The van der Waals surface area contributed by atoms with Crippen molar-refractivity contribution < 1.29 is 17.9 Å². The van der Waals surface area contributed by atoms with Crippen molar-refractivity contribution in [1.82, 2.24) is 8.61 Å². The van der Waals surface area contributed by atoms with Crippen LogP contribution in [0.1, 0.15) is 32.1 Å². The van der Waals surface area contributed by atoms with Crippen LogP contribution in [0.15, 0.2) is 0 Å². The maximum absolute atomic E-state index is 12.5. The number of nitrogens with zero attached hydrogens (tertiary/aromatic N) is 2. The molecule has 1 atom stereocenters. The van der Waals surface area contributed by atoms with Crippen LogP contribution in [0.5, 0.6) is 0 Å². The van der Waals surface area contributed by atoms with Gasteiger partial charge in [-0.05, 0) is 25.7 Å². The Morgan fingerprint density at radius 1 is 1.05 bits per heavy atom. The molecule has 0 aromatic carbocycles.